The fourth-order valence-electron chi connectivity index (χ4n) is 2.87. The Morgan fingerprint density at radius 1 is 1.45 bits per heavy atom. The summed E-state index contributed by atoms with van der Waals surface area (Å²) in [6, 6.07) is 4.83. The van der Waals surface area contributed by atoms with E-state index in [2.05, 4.69) is 64.0 Å². The van der Waals surface area contributed by atoms with Crippen LogP contribution in [0.15, 0.2) is 22.8 Å². The molecule has 0 aromatic carbocycles. The first-order valence-corrected chi connectivity index (χ1v) is 8.45. The average molecular weight is 340 g/mol. The van der Waals surface area contributed by atoms with Crippen molar-refractivity contribution in [3.8, 4) is 0 Å². The fraction of sp³-hybridized carbons (Fsp3) is 0.688. The molecule has 0 bridgehead atoms. The highest BCUT2D eigenvalue weighted by molar-refractivity contribution is 9.10. The standard InChI is InChI=1S/C16H26BrN3/c1-4-6-15-10-19-16(3,5-2)12-20(15)11-14-8-7-13(17)9-18-14/h7-9,15,19H,4-6,10-12H2,1-3H3. The molecule has 0 spiro atoms. The van der Waals surface area contributed by atoms with Crippen LogP contribution in [0.4, 0.5) is 0 Å². The normalized spacial score (nSPS) is 27.7. The van der Waals surface area contributed by atoms with E-state index in [4.69, 9.17) is 0 Å². The summed E-state index contributed by atoms with van der Waals surface area (Å²) in [6.07, 6.45) is 5.55. The van der Waals surface area contributed by atoms with Gasteiger partial charge in [-0.05, 0) is 47.8 Å². The molecule has 0 radical (unpaired) electrons. The van der Waals surface area contributed by atoms with Crippen LogP contribution in [0.5, 0.6) is 0 Å². The Morgan fingerprint density at radius 3 is 2.85 bits per heavy atom. The SMILES string of the molecule is CCCC1CNC(C)(CC)CN1Cc1ccc(Br)cn1. The van der Waals surface area contributed by atoms with Crippen molar-refractivity contribution in [1.29, 1.82) is 0 Å². The molecule has 0 aliphatic carbocycles. The molecule has 3 nitrogen and oxygen atoms in total. The van der Waals surface area contributed by atoms with E-state index in [0.717, 1.165) is 36.2 Å². The van der Waals surface area contributed by atoms with E-state index >= 15 is 0 Å². The number of aromatic nitrogens is 1. The van der Waals surface area contributed by atoms with Crippen LogP contribution in [0.3, 0.4) is 0 Å². The summed E-state index contributed by atoms with van der Waals surface area (Å²) in [5, 5.41) is 3.74. The minimum Gasteiger partial charge on any atom is -0.309 e. The first-order chi connectivity index (χ1) is 9.56. The number of nitrogens with one attached hydrogen (secondary N) is 1. The molecule has 112 valence electrons. The van der Waals surface area contributed by atoms with Crippen LogP contribution in [0.2, 0.25) is 0 Å². The number of rotatable bonds is 5. The highest BCUT2D eigenvalue weighted by Gasteiger charge is 2.34. The summed E-state index contributed by atoms with van der Waals surface area (Å²) in [7, 11) is 0. The Hall–Kier alpha value is -0.450. The molecule has 20 heavy (non-hydrogen) atoms. The number of piperazine rings is 1. The van der Waals surface area contributed by atoms with Gasteiger partial charge in [0.05, 0.1) is 5.69 Å². The van der Waals surface area contributed by atoms with Crippen LogP contribution in [-0.4, -0.2) is 34.6 Å². The van der Waals surface area contributed by atoms with Crippen molar-refractivity contribution in [2.24, 2.45) is 0 Å². The van der Waals surface area contributed by atoms with E-state index in [0.29, 0.717) is 6.04 Å². The van der Waals surface area contributed by atoms with E-state index in [-0.39, 0.29) is 5.54 Å². The molecular formula is C16H26BrN3. The van der Waals surface area contributed by atoms with E-state index in [1.165, 1.54) is 12.8 Å². The molecule has 1 saturated heterocycles. The van der Waals surface area contributed by atoms with Gasteiger partial charge in [0.1, 0.15) is 0 Å². The van der Waals surface area contributed by atoms with Gasteiger partial charge >= 0.3 is 0 Å². The zero-order valence-corrected chi connectivity index (χ0v) is 14.4. The summed E-state index contributed by atoms with van der Waals surface area (Å²) < 4.78 is 1.05. The summed E-state index contributed by atoms with van der Waals surface area (Å²) in [5.41, 5.74) is 1.40. The molecule has 1 N–H and O–H groups in total. The van der Waals surface area contributed by atoms with Gasteiger partial charge in [-0.1, -0.05) is 20.3 Å². The maximum atomic E-state index is 4.53. The van der Waals surface area contributed by atoms with Gasteiger partial charge in [-0.15, -0.1) is 0 Å². The lowest BCUT2D eigenvalue weighted by Crippen LogP contribution is -2.62. The van der Waals surface area contributed by atoms with Crippen molar-refractivity contribution in [1.82, 2.24) is 15.2 Å². The van der Waals surface area contributed by atoms with E-state index < -0.39 is 0 Å². The summed E-state index contributed by atoms with van der Waals surface area (Å²) in [6.45, 7) is 10.0. The molecule has 1 aliphatic rings. The third kappa shape index (κ3) is 4.03. The van der Waals surface area contributed by atoms with E-state index in [9.17, 15) is 0 Å². The smallest absolute Gasteiger partial charge is 0.0544 e. The summed E-state index contributed by atoms with van der Waals surface area (Å²) >= 11 is 3.45. The largest absolute Gasteiger partial charge is 0.309 e. The van der Waals surface area contributed by atoms with Gasteiger partial charge in [0, 0.05) is 41.9 Å². The van der Waals surface area contributed by atoms with Crippen LogP contribution < -0.4 is 5.32 Å². The molecule has 1 fully saturated rings. The maximum Gasteiger partial charge on any atom is 0.0544 e. The molecule has 1 aromatic heterocycles. The topological polar surface area (TPSA) is 28.2 Å². The molecule has 2 heterocycles. The highest BCUT2D eigenvalue weighted by Crippen LogP contribution is 2.23. The quantitative estimate of drug-likeness (QED) is 0.888. The summed E-state index contributed by atoms with van der Waals surface area (Å²) in [5.74, 6) is 0. The minimum absolute atomic E-state index is 0.236. The lowest BCUT2D eigenvalue weighted by molar-refractivity contribution is 0.0715. The van der Waals surface area contributed by atoms with Gasteiger partial charge in [-0.2, -0.15) is 0 Å². The van der Waals surface area contributed by atoms with Crippen LogP contribution in [0, 0.1) is 0 Å². The van der Waals surface area contributed by atoms with E-state index in [1.54, 1.807) is 0 Å². The number of halogens is 1. The third-order valence-corrected chi connectivity index (χ3v) is 4.86. The Balaban J connectivity index is 2.08. The molecule has 1 aromatic rings. The molecule has 0 saturated carbocycles. The molecule has 2 unspecified atom stereocenters. The summed E-state index contributed by atoms with van der Waals surface area (Å²) in [4.78, 5) is 7.14. The molecule has 0 amide bonds. The monoisotopic (exact) mass is 339 g/mol. The molecule has 4 heteroatoms. The maximum absolute atomic E-state index is 4.53. The number of nitrogens with zero attached hydrogens (tertiary/aromatic N) is 2. The van der Waals surface area contributed by atoms with Crippen molar-refractivity contribution >= 4 is 15.9 Å². The Bertz CT molecular complexity index is 420. The number of hydrogen-bond donors (Lipinski definition) is 1. The first kappa shape index (κ1) is 15.9. The fourth-order valence-corrected chi connectivity index (χ4v) is 3.11. The first-order valence-electron chi connectivity index (χ1n) is 7.66. The van der Waals surface area contributed by atoms with Crippen molar-refractivity contribution < 1.29 is 0 Å². The molecule has 2 atom stereocenters. The predicted molar refractivity (Wildman–Crippen MR) is 87.7 cm³/mol. The second kappa shape index (κ2) is 7.01. The molecule has 1 aliphatic heterocycles. The van der Waals surface area contributed by atoms with Crippen molar-refractivity contribution in [3.05, 3.63) is 28.5 Å². The van der Waals surface area contributed by atoms with Gasteiger partial charge in [0.25, 0.3) is 0 Å². The Labute approximate surface area is 131 Å². The second-order valence-electron chi connectivity index (χ2n) is 6.11. The second-order valence-corrected chi connectivity index (χ2v) is 7.03. The third-order valence-electron chi connectivity index (χ3n) is 4.39. The van der Waals surface area contributed by atoms with Gasteiger partial charge in [-0.25, -0.2) is 0 Å². The Morgan fingerprint density at radius 2 is 2.25 bits per heavy atom. The molecule has 2 rings (SSSR count). The number of pyridine rings is 1. The lowest BCUT2D eigenvalue weighted by atomic mass is 9.92. The minimum atomic E-state index is 0.236. The predicted octanol–water partition coefficient (Wildman–Crippen LogP) is 3.59. The van der Waals surface area contributed by atoms with Crippen LogP contribution >= 0.6 is 15.9 Å². The van der Waals surface area contributed by atoms with Crippen molar-refractivity contribution in [2.75, 3.05) is 13.1 Å². The van der Waals surface area contributed by atoms with Crippen LogP contribution in [0.1, 0.15) is 45.7 Å². The van der Waals surface area contributed by atoms with Crippen LogP contribution in [-0.2, 0) is 6.54 Å². The van der Waals surface area contributed by atoms with Crippen LogP contribution in [0.25, 0.3) is 0 Å². The lowest BCUT2D eigenvalue weighted by Gasteiger charge is -2.46. The van der Waals surface area contributed by atoms with Gasteiger partial charge < -0.3 is 5.32 Å². The zero-order chi connectivity index (χ0) is 14.6. The highest BCUT2D eigenvalue weighted by atomic mass is 79.9. The Kier molecular flexibility index (Phi) is 5.58. The van der Waals surface area contributed by atoms with E-state index in [1.807, 2.05) is 6.20 Å². The van der Waals surface area contributed by atoms with Gasteiger partial charge in [0.15, 0.2) is 0 Å². The average Bonchev–Trinajstić information content (AvgIpc) is 2.45. The number of hydrogen-bond acceptors (Lipinski definition) is 3. The molecular weight excluding hydrogens is 314 g/mol. The zero-order valence-electron chi connectivity index (χ0n) is 12.8. The van der Waals surface area contributed by atoms with Crippen molar-refractivity contribution in [2.45, 2.75) is 58.2 Å². The van der Waals surface area contributed by atoms with Crippen molar-refractivity contribution in [3.63, 3.8) is 0 Å². The van der Waals surface area contributed by atoms with Gasteiger partial charge in [0.2, 0.25) is 0 Å². The van der Waals surface area contributed by atoms with Gasteiger partial charge in [-0.3, -0.25) is 9.88 Å².